The third-order valence-electron chi connectivity index (χ3n) is 4.63. The van der Waals surface area contributed by atoms with E-state index in [0.717, 1.165) is 18.6 Å². The van der Waals surface area contributed by atoms with E-state index in [2.05, 4.69) is 16.7 Å². The van der Waals surface area contributed by atoms with Crippen molar-refractivity contribution in [2.45, 2.75) is 37.4 Å². The fourth-order valence-electron chi connectivity index (χ4n) is 3.38. The van der Waals surface area contributed by atoms with Crippen LogP contribution in [0.25, 0.3) is 0 Å². The van der Waals surface area contributed by atoms with E-state index in [9.17, 15) is 13.6 Å². The van der Waals surface area contributed by atoms with E-state index in [0.29, 0.717) is 25.9 Å². The highest BCUT2D eigenvalue weighted by atomic mass is 35.5. The first kappa shape index (κ1) is 19.9. The zero-order valence-corrected chi connectivity index (χ0v) is 14.7. The van der Waals surface area contributed by atoms with Crippen LogP contribution in [0.3, 0.4) is 0 Å². The van der Waals surface area contributed by atoms with Crippen molar-refractivity contribution >= 4 is 24.0 Å². The molecule has 1 aromatic rings. The van der Waals surface area contributed by atoms with E-state index in [4.69, 9.17) is 10.5 Å². The molecule has 2 fully saturated rings. The summed E-state index contributed by atoms with van der Waals surface area (Å²) in [5.41, 5.74) is -0.385. The molecule has 6 nitrogen and oxygen atoms in total. The predicted octanol–water partition coefficient (Wildman–Crippen LogP) is 1.92. The lowest BCUT2D eigenvalue weighted by Gasteiger charge is -2.23. The molecule has 0 bridgehead atoms. The Morgan fingerprint density at radius 2 is 2.00 bits per heavy atom. The van der Waals surface area contributed by atoms with Crippen LogP contribution in [0.1, 0.15) is 24.8 Å². The average molecular weight is 382 g/mol. The number of nitrogens with zero attached hydrogens (tertiary/aromatic N) is 3. The third-order valence-corrected chi connectivity index (χ3v) is 4.63. The highest BCUT2D eigenvalue weighted by molar-refractivity contribution is 5.85. The van der Waals surface area contributed by atoms with Gasteiger partial charge in [-0.05, 0) is 31.4 Å². The minimum atomic E-state index is -0.838. The molecule has 0 spiro atoms. The summed E-state index contributed by atoms with van der Waals surface area (Å²) in [7, 11) is 0. The highest BCUT2D eigenvalue weighted by Gasteiger charge is 2.37. The smallest absolute Gasteiger partial charge is 0.240 e. The van der Waals surface area contributed by atoms with Gasteiger partial charge in [-0.1, -0.05) is 0 Å². The molecule has 2 aliphatic heterocycles. The van der Waals surface area contributed by atoms with Gasteiger partial charge < -0.3 is 15.5 Å². The lowest BCUT2D eigenvalue weighted by atomic mass is 10.1. The van der Waals surface area contributed by atoms with E-state index >= 15 is 0 Å². The quantitative estimate of drug-likeness (QED) is 0.834. The van der Waals surface area contributed by atoms with Crippen molar-refractivity contribution in [1.82, 2.24) is 10.2 Å². The molecule has 2 heterocycles. The second-order valence-electron chi connectivity index (χ2n) is 6.28. The van der Waals surface area contributed by atoms with Crippen molar-refractivity contribution in [2.75, 3.05) is 18.4 Å². The molecule has 0 saturated carbocycles. The number of amides is 1. The Kier molecular flexibility index (Phi) is 6.36. The van der Waals surface area contributed by atoms with Crippen LogP contribution < -0.4 is 10.6 Å². The number of nitriles is 2. The summed E-state index contributed by atoms with van der Waals surface area (Å²) in [5, 5.41) is 23.6. The van der Waals surface area contributed by atoms with Crippen LogP contribution in [-0.4, -0.2) is 42.0 Å². The first-order valence-corrected chi connectivity index (χ1v) is 8.12. The summed E-state index contributed by atoms with van der Waals surface area (Å²) in [6.45, 7) is 0.937. The molecule has 2 saturated heterocycles. The predicted molar refractivity (Wildman–Crippen MR) is 92.5 cm³/mol. The minimum absolute atomic E-state index is 0. The summed E-state index contributed by atoms with van der Waals surface area (Å²) in [5.74, 6) is -1.82. The number of rotatable bonds is 3. The maximum absolute atomic E-state index is 14.0. The molecule has 0 aliphatic carbocycles. The van der Waals surface area contributed by atoms with Gasteiger partial charge in [0.05, 0.1) is 23.7 Å². The van der Waals surface area contributed by atoms with Gasteiger partial charge in [-0.15, -0.1) is 12.4 Å². The van der Waals surface area contributed by atoms with Crippen molar-refractivity contribution < 1.29 is 13.6 Å². The maximum atomic E-state index is 14.0. The van der Waals surface area contributed by atoms with Crippen LogP contribution in [0.4, 0.5) is 14.5 Å². The molecule has 3 rings (SSSR count). The highest BCUT2D eigenvalue weighted by Crippen LogP contribution is 2.25. The summed E-state index contributed by atoms with van der Waals surface area (Å²) in [6, 6.07) is 4.57. The SMILES string of the molecule is Cl.N#Cc1cc(F)c(N[C@@H]2CN[C@H](C(=O)N3CCCC3C#N)C2)c(F)c1. The van der Waals surface area contributed by atoms with Crippen LogP contribution in [-0.2, 0) is 4.79 Å². The molecular formula is C17H18ClF2N5O. The number of hydrogen-bond acceptors (Lipinski definition) is 5. The van der Waals surface area contributed by atoms with Crippen molar-refractivity contribution in [2.24, 2.45) is 0 Å². The number of likely N-dealkylation sites (tertiary alicyclic amines) is 1. The Balaban J connectivity index is 0.00000243. The Bertz CT molecular complexity index is 752. The van der Waals surface area contributed by atoms with Crippen LogP contribution in [0.2, 0.25) is 0 Å². The number of carbonyl (C=O) groups is 1. The summed E-state index contributed by atoms with van der Waals surface area (Å²) in [6.07, 6.45) is 1.85. The average Bonchev–Trinajstić information content (AvgIpc) is 3.26. The number of benzene rings is 1. The van der Waals surface area contributed by atoms with Gasteiger partial charge in [-0.3, -0.25) is 4.79 Å². The normalized spacial score (nSPS) is 24.5. The van der Waals surface area contributed by atoms with Crippen molar-refractivity contribution in [1.29, 1.82) is 10.5 Å². The minimum Gasteiger partial charge on any atom is -0.376 e. The Morgan fingerprint density at radius 3 is 2.62 bits per heavy atom. The van der Waals surface area contributed by atoms with Gasteiger partial charge in [0, 0.05) is 19.1 Å². The van der Waals surface area contributed by atoms with Crippen LogP contribution >= 0.6 is 12.4 Å². The molecule has 2 aliphatic rings. The molecule has 1 aromatic carbocycles. The lowest BCUT2D eigenvalue weighted by molar-refractivity contribution is -0.133. The topological polar surface area (TPSA) is 91.9 Å². The first-order valence-electron chi connectivity index (χ1n) is 8.12. The number of anilines is 1. The second kappa shape index (κ2) is 8.31. The molecule has 138 valence electrons. The second-order valence-corrected chi connectivity index (χ2v) is 6.28. The Morgan fingerprint density at radius 1 is 1.31 bits per heavy atom. The van der Waals surface area contributed by atoms with Crippen molar-refractivity contribution in [3.63, 3.8) is 0 Å². The van der Waals surface area contributed by atoms with Gasteiger partial charge in [0.1, 0.15) is 11.7 Å². The maximum Gasteiger partial charge on any atom is 0.240 e. The zero-order valence-electron chi connectivity index (χ0n) is 13.8. The molecule has 26 heavy (non-hydrogen) atoms. The van der Waals surface area contributed by atoms with Crippen LogP contribution in [0.5, 0.6) is 0 Å². The largest absolute Gasteiger partial charge is 0.376 e. The fraction of sp³-hybridized carbons (Fsp3) is 0.471. The van der Waals surface area contributed by atoms with E-state index in [-0.39, 0.29) is 35.6 Å². The van der Waals surface area contributed by atoms with Gasteiger partial charge in [-0.2, -0.15) is 10.5 Å². The van der Waals surface area contributed by atoms with E-state index in [1.165, 1.54) is 0 Å². The van der Waals surface area contributed by atoms with Gasteiger partial charge >= 0.3 is 0 Å². The number of hydrogen-bond donors (Lipinski definition) is 2. The summed E-state index contributed by atoms with van der Waals surface area (Å²) in [4.78, 5) is 14.1. The fourth-order valence-corrected chi connectivity index (χ4v) is 3.38. The Labute approximate surface area is 156 Å². The number of halogens is 3. The van der Waals surface area contributed by atoms with Gasteiger partial charge in [0.2, 0.25) is 5.91 Å². The van der Waals surface area contributed by atoms with Crippen molar-refractivity contribution in [3.05, 3.63) is 29.3 Å². The monoisotopic (exact) mass is 381 g/mol. The standard InChI is InChI=1S/C17H17F2N5O.ClH/c18-13-4-10(7-20)5-14(19)16(13)23-11-6-15(22-9-11)17(25)24-3-1-2-12(24)8-21;/h4-5,11-12,15,22-23H,1-3,6,9H2;1H/t11-,12?,15-;/m0./s1. The van der Waals surface area contributed by atoms with Crippen LogP contribution in [0.15, 0.2) is 12.1 Å². The van der Waals surface area contributed by atoms with Gasteiger partial charge in [0.15, 0.2) is 11.6 Å². The molecule has 0 aromatic heterocycles. The lowest BCUT2D eigenvalue weighted by Crippen LogP contribution is -2.45. The Hall–Kier alpha value is -2.42. The van der Waals surface area contributed by atoms with E-state index < -0.39 is 23.7 Å². The van der Waals surface area contributed by atoms with E-state index in [1.54, 1.807) is 11.0 Å². The molecule has 9 heteroatoms. The van der Waals surface area contributed by atoms with Crippen LogP contribution in [0, 0.1) is 34.3 Å². The van der Waals surface area contributed by atoms with Gasteiger partial charge in [-0.25, -0.2) is 8.78 Å². The molecular weight excluding hydrogens is 364 g/mol. The molecule has 3 atom stereocenters. The number of carbonyl (C=O) groups excluding carboxylic acids is 1. The van der Waals surface area contributed by atoms with E-state index in [1.807, 2.05) is 0 Å². The zero-order chi connectivity index (χ0) is 18.0. The van der Waals surface area contributed by atoms with Crippen molar-refractivity contribution in [3.8, 4) is 12.1 Å². The summed E-state index contributed by atoms with van der Waals surface area (Å²) >= 11 is 0. The molecule has 2 N–H and O–H groups in total. The molecule has 0 radical (unpaired) electrons. The molecule has 1 unspecified atom stereocenters. The third kappa shape index (κ3) is 3.87. The molecule has 1 amide bonds. The summed E-state index contributed by atoms with van der Waals surface area (Å²) < 4.78 is 27.9. The van der Waals surface area contributed by atoms with Gasteiger partial charge in [0.25, 0.3) is 0 Å². The first-order chi connectivity index (χ1) is 12.0. The number of nitrogens with one attached hydrogen (secondary N) is 2.